The molecule has 3 atom stereocenters. The summed E-state index contributed by atoms with van der Waals surface area (Å²) in [6, 6.07) is 27.2. The molecule has 3 heterocycles. The molecule has 1 saturated heterocycles. The zero-order valence-electron chi connectivity index (χ0n) is 27.0. The second kappa shape index (κ2) is 13.7. The van der Waals surface area contributed by atoms with Gasteiger partial charge in [-0.2, -0.15) is 10.2 Å². The minimum Gasteiger partial charge on any atom is -0.488 e. The molecule has 1 aliphatic carbocycles. The van der Waals surface area contributed by atoms with Crippen LogP contribution in [-0.4, -0.2) is 48.6 Å². The van der Waals surface area contributed by atoms with Crippen LogP contribution in [0.5, 0.6) is 5.75 Å². The van der Waals surface area contributed by atoms with Crippen LogP contribution in [0.3, 0.4) is 0 Å². The van der Waals surface area contributed by atoms with Crippen molar-refractivity contribution in [3.63, 3.8) is 0 Å². The molecule has 3 aromatic carbocycles. The van der Waals surface area contributed by atoms with Gasteiger partial charge >= 0.3 is 5.69 Å². The van der Waals surface area contributed by atoms with Crippen molar-refractivity contribution in [2.75, 3.05) is 13.2 Å². The molecule has 10 nitrogen and oxygen atoms in total. The average Bonchev–Trinajstić information content (AvgIpc) is 3.89. The van der Waals surface area contributed by atoms with E-state index in [0.717, 1.165) is 49.1 Å². The fourth-order valence-electron chi connectivity index (χ4n) is 6.91. The Balaban J connectivity index is 0.913. The van der Waals surface area contributed by atoms with Gasteiger partial charge in [0.05, 0.1) is 24.9 Å². The highest BCUT2D eigenvalue weighted by molar-refractivity contribution is 5.36. The number of ether oxygens (including phenoxy) is 3. The smallest absolute Gasteiger partial charge is 0.350 e. The monoisotopic (exact) mass is 634 g/mol. The number of nitrogens with zero attached hydrogens (tertiary/aromatic N) is 6. The van der Waals surface area contributed by atoms with Crippen molar-refractivity contribution in [3.05, 3.63) is 125 Å². The first-order valence-electron chi connectivity index (χ1n) is 16.7. The summed E-state index contributed by atoms with van der Waals surface area (Å²) in [5.74, 6) is 1.87. The topological polar surface area (TPSA) is 98.2 Å². The first kappa shape index (κ1) is 31.1. The van der Waals surface area contributed by atoms with Gasteiger partial charge < -0.3 is 14.2 Å². The Kier molecular flexibility index (Phi) is 9.04. The number of benzene rings is 3. The minimum atomic E-state index is -0.662. The van der Waals surface area contributed by atoms with Crippen LogP contribution in [0.2, 0.25) is 0 Å². The predicted octanol–water partition coefficient (Wildman–Crippen LogP) is 6.39. The molecule has 7 rings (SSSR count). The minimum absolute atomic E-state index is 0.0846. The summed E-state index contributed by atoms with van der Waals surface area (Å²) in [6.07, 6.45) is 9.79. The third kappa shape index (κ3) is 6.66. The van der Waals surface area contributed by atoms with Crippen molar-refractivity contribution >= 4 is 0 Å². The summed E-state index contributed by atoms with van der Waals surface area (Å²) in [5, 5.41) is 8.60. The largest absolute Gasteiger partial charge is 0.488 e. The molecule has 10 heteroatoms. The third-order valence-electron chi connectivity index (χ3n) is 9.85. The molecular weight excluding hydrogens is 592 g/mol. The van der Waals surface area contributed by atoms with E-state index in [1.807, 2.05) is 37.3 Å². The second-order valence-electron chi connectivity index (χ2n) is 12.8. The van der Waals surface area contributed by atoms with Crippen LogP contribution in [0.4, 0.5) is 0 Å². The molecule has 1 saturated carbocycles. The van der Waals surface area contributed by atoms with Crippen molar-refractivity contribution in [1.29, 1.82) is 0 Å². The highest BCUT2D eigenvalue weighted by atomic mass is 16.7. The third-order valence-corrected chi connectivity index (χ3v) is 9.85. The molecule has 0 amide bonds. The van der Waals surface area contributed by atoms with Crippen molar-refractivity contribution in [2.45, 2.75) is 82.3 Å². The van der Waals surface area contributed by atoms with Crippen LogP contribution in [0.15, 0.2) is 103 Å². The highest BCUT2D eigenvalue weighted by Gasteiger charge is 2.44. The lowest BCUT2D eigenvalue weighted by Crippen LogP contribution is -2.35. The number of rotatable bonds is 11. The van der Waals surface area contributed by atoms with E-state index in [4.69, 9.17) is 14.2 Å². The summed E-state index contributed by atoms with van der Waals surface area (Å²) < 4.78 is 23.7. The molecule has 1 aliphatic heterocycles. The molecule has 47 heavy (non-hydrogen) atoms. The molecule has 2 aromatic heterocycles. The van der Waals surface area contributed by atoms with Gasteiger partial charge in [-0.25, -0.2) is 23.7 Å². The van der Waals surface area contributed by atoms with Crippen LogP contribution in [0.1, 0.15) is 80.5 Å². The fraction of sp³-hybridized carbons (Fsp3) is 0.405. The molecular formula is C37H42N6O4. The first-order valence-corrected chi connectivity index (χ1v) is 16.7. The Bertz CT molecular complexity index is 1780. The lowest BCUT2D eigenvalue weighted by molar-refractivity contribution is -0.116. The maximum absolute atomic E-state index is 12.8. The average molecular weight is 635 g/mol. The van der Waals surface area contributed by atoms with E-state index < -0.39 is 11.9 Å². The lowest BCUT2D eigenvalue weighted by Gasteiger charge is -2.29. The summed E-state index contributed by atoms with van der Waals surface area (Å²) in [5.41, 5.74) is 3.84. The van der Waals surface area contributed by atoms with Gasteiger partial charge in [-0.05, 0) is 91.8 Å². The molecule has 0 N–H and O–H groups in total. The molecule has 244 valence electrons. The van der Waals surface area contributed by atoms with Gasteiger partial charge in [0, 0.05) is 0 Å². The number of hydrogen-bond donors (Lipinski definition) is 0. The van der Waals surface area contributed by atoms with E-state index >= 15 is 0 Å². The van der Waals surface area contributed by atoms with E-state index in [9.17, 15) is 4.79 Å². The summed E-state index contributed by atoms with van der Waals surface area (Å²) in [7, 11) is 0. The van der Waals surface area contributed by atoms with Gasteiger partial charge in [0.15, 0.2) is 6.29 Å². The molecule has 2 fully saturated rings. The van der Waals surface area contributed by atoms with Crippen LogP contribution < -0.4 is 10.4 Å². The van der Waals surface area contributed by atoms with E-state index in [1.165, 1.54) is 17.5 Å². The van der Waals surface area contributed by atoms with Crippen molar-refractivity contribution < 1.29 is 14.2 Å². The van der Waals surface area contributed by atoms with Crippen LogP contribution in [0, 0.1) is 0 Å². The van der Waals surface area contributed by atoms with E-state index in [-0.39, 0.29) is 11.7 Å². The van der Waals surface area contributed by atoms with Crippen LogP contribution in [-0.2, 0) is 21.6 Å². The standard InChI is InChI=1S/C37H42N6O4/c1-3-27(2)43-36(44)42(26-40-43)33-17-13-30(14-18-33)28-9-11-29(12-10-28)31-15-19-34(20-16-31)45-21-35-46-23-37(47-35,22-41-25-38-24-39-41)32-7-5-4-6-8-32/h4-8,13-20,24-29,35H,3,9-12,21-23H2,1-2H3/t27?,28?,29?,35-,37+/m1/s1. The molecule has 0 radical (unpaired) electrons. The van der Waals surface area contributed by atoms with Crippen molar-refractivity contribution in [2.24, 2.45) is 0 Å². The normalized spacial score (nSPS) is 23.5. The Hall–Kier alpha value is -4.54. The molecule has 2 aliphatic rings. The Morgan fingerprint density at radius 3 is 2.21 bits per heavy atom. The Morgan fingerprint density at radius 2 is 1.57 bits per heavy atom. The van der Waals surface area contributed by atoms with E-state index in [0.29, 0.717) is 31.6 Å². The van der Waals surface area contributed by atoms with Crippen molar-refractivity contribution in [3.8, 4) is 11.4 Å². The quantitative estimate of drug-likeness (QED) is 0.166. The Labute approximate surface area is 274 Å². The molecule has 0 spiro atoms. The van der Waals surface area contributed by atoms with E-state index in [2.05, 4.69) is 70.6 Å². The zero-order chi connectivity index (χ0) is 32.2. The zero-order valence-corrected chi connectivity index (χ0v) is 27.0. The van der Waals surface area contributed by atoms with Gasteiger partial charge in [-0.3, -0.25) is 0 Å². The van der Waals surface area contributed by atoms with Gasteiger partial charge in [-0.15, -0.1) is 0 Å². The highest BCUT2D eigenvalue weighted by Crippen LogP contribution is 2.41. The second-order valence-corrected chi connectivity index (χ2v) is 12.8. The number of hydrogen-bond acceptors (Lipinski definition) is 7. The Morgan fingerprint density at radius 1 is 0.894 bits per heavy atom. The SMILES string of the molecule is CCC(C)n1ncn(-c2ccc(C3CCC(c4ccc(OC[C@@H]5OC[C@@](Cn6cncn6)(c6ccccc6)O5)cc4)CC3)cc2)c1=O. The van der Waals surface area contributed by atoms with Gasteiger partial charge in [0.2, 0.25) is 0 Å². The van der Waals surface area contributed by atoms with Crippen molar-refractivity contribution in [1.82, 2.24) is 29.1 Å². The molecule has 1 unspecified atom stereocenters. The predicted molar refractivity (Wildman–Crippen MR) is 178 cm³/mol. The fourth-order valence-corrected chi connectivity index (χ4v) is 6.91. The summed E-state index contributed by atoms with van der Waals surface area (Å²) >= 11 is 0. The summed E-state index contributed by atoms with van der Waals surface area (Å²) in [6.45, 7) is 5.28. The maximum Gasteiger partial charge on any atom is 0.350 e. The van der Waals surface area contributed by atoms with Gasteiger partial charge in [-0.1, -0.05) is 61.5 Å². The lowest BCUT2D eigenvalue weighted by atomic mass is 9.76. The van der Waals surface area contributed by atoms with Gasteiger partial charge in [0.1, 0.15) is 36.9 Å². The maximum atomic E-state index is 12.8. The van der Waals surface area contributed by atoms with Crippen LogP contribution >= 0.6 is 0 Å². The molecule has 0 bridgehead atoms. The van der Waals surface area contributed by atoms with Crippen LogP contribution in [0.25, 0.3) is 5.69 Å². The summed E-state index contributed by atoms with van der Waals surface area (Å²) in [4.78, 5) is 16.9. The first-order chi connectivity index (χ1) is 23.0. The van der Waals surface area contributed by atoms with E-state index in [1.54, 1.807) is 26.6 Å². The van der Waals surface area contributed by atoms with Gasteiger partial charge in [0.25, 0.3) is 0 Å². The number of aromatic nitrogens is 6. The molecule has 5 aromatic rings.